The van der Waals surface area contributed by atoms with Crippen LogP contribution in [0.15, 0.2) is 59.6 Å². The van der Waals surface area contributed by atoms with E-state index in [4.69, 9.17) is 5.10 Å². The van der Waals surface area contributed by atoms with E-state index in [9.17, 15) is 4.79 Å². The quantitative estimate of drug-likeness (QED) is 0.444. The maximum Gasteiger partial charge on any atom is 0.230 e. The average molecular weight is 432 g/mol. The molecular formula is C24H25N5OS. The Bertz CT molecular complexity index is 1200. The van der Waals surface area contributed by atoms with Crippen LogP contribution in [0.2, 0.25) is 0 Å². The van der Waals surface area contributed by atoms with Crippen molar-refractivity contribution in [3.63, 3.8) is 0 Å². The van der Waals surface area contributed by atoms with Crippen LogP contribution >= 0.6 is 11.8 Å². The number of aromatic nitrogens is 4. The monoisotopic (exact) mass is 431 g/mol. The highest BCUT2D eigenvalue weighted by atomic mass is 32.2. The molecule has 2 aromatic heterocycles. The Hall–Kier alpha value is -3.19. The number of hydrogen-bond acceptors (Lipinski definition) is 5. The lowest BCUT2D eigenvalue weighted by Crippen LogP contribution is -2.27. The molecule has 6 nitrogen and oxygen atoms in total. The molecule has 31 heavy (non-hydrogen) atoms. The smallest absolute Gasteiger partial charge is 0.230 e. The molecule has 1 amide bonds. The number of carbonyl (C=O) groups excluding carboxylic acids is 1. The fourth-order valence-corrected chi connectivity index (χ4v) is 4.25. The van der Waals surface area contributed by atoms with Crippen LogP contribution in [0.25, 0.3) is 16.6 Å². The van der Waals surface area contributed by atoms with E-state index >= 15 is 0 Å². The van der Waals surface area contributed by atoms with Gasteiger partial charge in [-0.3, -0.25) is 4.79 Å². The van der Waals surface area contributed by atoms with Crippen molar-refractivity contribution in [1.82, 2.24) is 25.3 Å². The molecule has 7 heteroatoms. The summed E-state index contributed by atoms with van der Waals surface area (Å²) in [5.41, 5.74) is 6.07. The molecule has 2 aromatic carbocycles. The summed E-state index contributed by atoms with van der Waals surface area (Å²) in [5.74, 6) is 0.254. The molecule has 0 radical (unpaired) electrons. The number of aryl methyl sites for hydroxylation is 3. The highest BCUT2D eigenvalue weighted by molar-refractivity contribution is 8.00. The van der Waals surface area contributed by atoms with Crippen LogP contribution in [0.5, 0.6) is 0 Å². The van der Waals surface area contributed by atoms with Gasteiger partial charge in [0.2, 0.25) is 5.91 Å². The fraction of sp³-hybridized carbons (Fsp3) is 0.250. The molecule has 4 rings (SSSR count). The van der Waals surface area contributed by atoms with Crippen LogP contribution < -0.4 is 5.32 Å². The predicted octanol–water partition coefficient (Wildman–Crippen LogP) is 4.19. The SMILES string of the molecule is Cc1ccc(CCNC(=O)CSc2nnc(C)c3c(C)n(-c4ccccc4)nc23)cc1. The van der Waals surface area contributed by atoms with Gasteiger partial charge in [-0.2, -0.15) is 10.2 Å². The molecule has 0 bridgehead atoms. The summed E-state index contributed by atoms with van der Waals surface area (Å²) in [5, 5.41) is 18.1. The van der Waals surface area contributed by atoms with Crippen LogP contribution in [0.3, 0.4) is 0 Å². The van der Waals surface area contributed by atoms with E-state index < -0.39 is 0 Å². The summed E-state index contributed by atoms with van der Waals surface area (Å²) in [6.45, 7) is 6.64. The van der Waals surface area contributed by atoms with Crippen molar-refractivity contribution >= 4 is 28.6 Å². The minimum atomic E-state index is -0.0214. The summed E-state index contributed by atoms with van der Waals surface area (Å²) in [6.07, 6.45) is 0.811. The minimum absolute atomic E-state index is 0.0214. The average Bonchev–Trinajstić information content (AvgIpc) is 3.13. The maximum atomic E-state index is 12.4. The second-order valence-corrected chi connectivity index (χ2v) is 8.49. The Morgan fingerprint density at radius 3 is 2.48 bits per heavy atom. The van der Waals surface area contributed by atoms with Gasteiger partial charge in [0, 0.05) is 11.9 Å². The lowest BCUT2D eigenvalue weighted by atomic mass is 10.1. The Morgan fingerprint density at radius 2 is 1.74 bits per heavy atom. The van der Waals surface area contributed by atoms with E-state index in [1.54, 1.807) is 0 Å². The van der Waals surface area contributed by atoms with Crippen molar-refractivity contribution in [2.45, 2.75) is 32.2 Å². The zero-order valence-electron chi connectivity index (χ0n) is 17.9. The number of fused-ring (bicyclic) bond motifs is 1. The van der Waals surface area contributed by atoms with Gasteiger partial charge in [0.15, 0.2) is 0 Å². The van der Waals surface area contributed by atoms with Gasteiger partial charge in [0.05, 0.1) is 22.8 Å². The van der Waals surface area contributed by atoms with E-state index in [0.717, 1.165) is 34.4 Å². The molecule has 0 aliphatic rings. The van der Waals surface area contributed by atoms with E-state index in [1.807, 2.05) is 48.9 Å². The summed E-state index contributed by atoms with van der Waals surface area (Å²) >= 11 is 1.37. The van der Waals surface area contributed by atoms with Crippen LogP contribution in [-0.4, -0.2) is 38.2 Å². The van der Waals surface area contributed by atoms with Gasteiger partial charge < -0.3 is 5.32 Å². The molecule has 0 aliphatic heterocycles. The van der Waals surface area contributed by atoms with Gasteiger partial charge in [-0.1, -0.05) is 59.8 Å². The molecule has 0 aliphatic carbocycles. The Kier molecular flexibility index (Phi) is 6.32. The van der Waals surface area contributed by atoms with Gasteiger partial charge >= 0.3 is 0 Å². The Balaban J connectivity index is 1.44. The van der Waals surface area contributed by atoms with Crippen LogP contribution in [-0.2, 0) is 11.2 Å². The molecule has 0 unspecified atom stereocenters. The molecule has 4 aromatic rings. The molecule has 0 atom stereocenters. The fourth-order valence-electron chi connectivity index (χ4n) is 3.51. The third-order valence-electron chi connectivity index (χ3n) is 5.17. The number of nitrogens with one attached hydrogen (secondary N) is 1. The number of amides is 1. The first-order valence-electron chi connectivity index (χ1n) is 10.3. The van der Waals surface area contributed by atoms with Crippen LogP contribution in [0, 0.1) is 20.8 Å². The molecule has 0 saturated heterocycles. The number of para-hydroxylation sites is 1. The van der Waals surface area contributed by atoms with Crippen molar-refractivity contribution in [2.75, 3.05) is 12.3 Å². The lowest BCUT2D eigenvalue weighted by Gasteiger charge is -2.06. The van der Waals surface area contributed by atoms with Crippen LogP contribution in [0.4, 0.5) is 0 Å². The van der Waals surface area contributed by atoms with E-state index in [2.05, 4.69) is 46.7 Å². The van der Waals surface area contributed by atoms with Gasteiger partial charge in [-0.25, -0.2) is 4.68 Å². The molecular weight excluding hydrogens is 406 g/mol. The molecule has 1 N–H and O–H groups in total. The summed E-state index contributed by atoms with van der Waals surface area (Å²) in [6, 6.07) is 18.4. The van der Waals surface area contributed by atoms with E-state index in [1.165, 1.54) is 22.9 Å². The minimum Gasteiger partial charge on any atom is -0.355 e. The maximum absolute atomic E-state index is 12.4. The second kappa shape index (κ2) is 9.31. The van der Waals surface area contributed by atoms with Crippen molar-refractivity contribution in [2.24, 2.45) is 0 Å². The summed E-state index contributed by atoms with van der Waals surface area (Å²) in [7, 11) is 0. The lowest BCUT2D eigenvalue weighted by molar-refractivity contribution is -0.118. The van der Waals surface area contributed by atoms with Gasteiger partial charge in [-0.05, 0) is 44.9 Å². The highest BCUT2D eigenvalue weighted by Crippen LogP contribution is 2.29. The van der Waals surface area contributed by atoms with Crippen molar-refractivity contribution in [3.05, 3.63) is 77.1 Å². The molecule has 0 spiro atoms. The number of benzene rings is 2. The number of rotatable bonds is 7. The third-order valence-corrected chi connectivity index (χ3v) is 6.12. The Labute approximate surface area is 186 Å². The van der Waals surface area contributed by atoms with E-state index in [0.29, 0.717) is 11.6 Å². The largest absolute Gasteiger partial charge is 0.355 e. The first-order valence-corrected chi connectivity index (χ1v) is 11.2. The predicted molar refractivity (Wildman–Crippen MR) is 125 cm³/mol. The standard InChI is InChI=1S/C24H25N5OS/c1-16-9-11-19(12-10-16)13-14-25-21(30)15-31-24-23-22(17(2)26-27-24)18(3)29(28-23)20-7-5-4-6-8-20/h4-12H,13-15H2,1-3H3,(H,25,30). The summed E-state index contributed by atoms with van der Waals surface area (Å²) in [4.78, 5) is 12.4. The highest BCUT2D eigenvalue weighted by Gasteiger charge is 2.18. The second-order valence-electron chi connectivity index (χ2n) is 7.52. The molecule has 158 valence electrons. The molecule has 2 heterocycles. The number of thioether (sulfide) groups is 1. The van der Waals surface area contributed by atoms with Crippen molar-refractivity contribution in [3.8, 4) is 5.69 Å². The first kappa shape index (κ1) is 21.1. The van der Waals surface area contributed by atoms with Gasteiger partial charge in [0.1, 0.15) is 10.5 Å². The summed E-state index contributed by atoms with van der Waals surface area (Å²) < 4.78 is 1.91. The zero-order valence-corrected chi connectivity index (χ0v) is 18.7. The van der Waals surface area contributed by atoms with Crippen LogP contribution in [0.1, 0.15) is 22.5 Å². The Morgan fingerprint density at radius 1 is 1.00 bits per heavy atom. The van der Waals surface area contributed by atoms with E-state index in [-0.39, 0.29) is 11.7 Å². The van der Waals surface area contributed by atoms with Gasteiger partial charge in [-0.15, -0.1) is 5.10 Å². The number of hydrogen-bond donors (Lipinski definition) is 1. The number of carbonyl (C=O) groups is 1. The third kappa shape index (κ3) is 4.77. The van der Waals surface area contributed by atoms with Crippen molar-refractivity contribution < 1.29 is 4.79 Å². The zero-order chi connectivity index (χ0) is 21.8. The van der Waals surface area contributed by atoms with Gasteiger partial charge in [0.25, 0.3) is 0 Å². The first-order chi connectivity index (χ1) is 15.0. The number of nitrogens with zero attached hydrogens (tertiary/aromatic N) is 4. The van der Waals surface area contributed by atoms with Crippen molar-refractivity contribution in [1.29, 1.82) is 0 Å². The molecule has 0 saturated carbocycles. The topological polar surface area (TPSA) is 72.7 Å². The normalized spacial score (nSPS) is 11.1. The molecule has 0 fully saturated rings.